The number of ether oxygens (including phenoxy) is 2. The zero-order valence-corrected chi connectivity index (χ0v) is 23.3. The van der Waals surface area contributed by atoms with Crippen LogP contribution < -0.4 is 14.4 Å². The van der Waals surface area contributed by atoms with E-state index in [1.807, 2.05) is 10.6 Å². The van der Waals surface area contributed by atoms with Crippen LogP contribution in [0.25, 0.3) is 22.1 Å². The van der Waals surface area contributed by atoms with Gasteiger partial charge < -0.3 is 23.5 Å². The average Bonchev–Trinajstić information content (AvgIpc) is 3.59. The molecule has 214 valence electrons. The lowest BCUT2D eigenvalue weighted by molar-refractivity contribution is 0.171. The van der Waals surface area contributed by atoms with Crippen molar-refractivity contribution in [2.45, 2.75) is 13.1 Å². The number of alkyl halides is 1. The molecule has 2 aromatic heterocycles. The van der Waals surface area contributed by atoms with Crippen molar-refractivity contribution in [1.82, 2.24) is 24.0 Å². The fourth-order valence-electron chi connectivity index (χ4n) is 5.23. The summed E-state index contributed by atoms with van der Waals surface area (Å²) in [6.07, 6.45) is 3.47. The Kier molecular flexibility index (Phi) is 8.20. The molecule has 5 aromatic rings. The molecule has 7 rings (SSSR count). The highest BCUT2D eigenvalue weighted by molar-refractivity contribution is 6.17. The van der Waals surface area contributed by atoms with Crippen LogP contribution >= 0.6 is 11.6 Å². The van der Waals surface area contributed by atoms with Crippen molar-refractivity contribution < 1.29 is 18.3 Å². The van der Waals surface area contributed by atoms with Gasteiger partial charge in [-0.05, 0) is 36.4 Å². The lowest BCUT2D eigenvalue weighted by Crippen LogP contribution is -2.47. The van der Waals surface area contributed by atoms with Gasteiger partial charge in [0, 0.05) is 75.6 Å². The Morgan fingerprint density at radius 3 is 1.93 bits per heavy atom. The molecule has 0 atom stereocenters. The number of aromatic nitrogens is 4. The second kappa shape index (κ2) is 12.3. The molecule has 0 radical (unpaired) electrons. The SMILES string of the molecule is Fc1ccc2c(c1)ncn2CCCl.Fc1ccc2c(c1)ncn2CCN1CCN(c2ccc3c(c2)OCCO3)CC1. The molecule has 0 unspecified atom stereocenters. The van der Waals surface area contributed by atoms with Gasteiger partial charge in [-0.15, -0.1) is 11.6 Å². The summed E-state index contributed by atoms with van der Waals surface area (Å²) in [5.41, 5.74) is 4.47. The maximum atomic E-state index is 13.3. The summed E-state index contributed by atoms with van der Waals surface area (Å²) < 4.78 is 41.4. The molecule has 2 aliphatic rings. The first-order valence-corrected chi connectivity index (χ1v) is 14.2. The lowest BCUT2D eigenvalue weighted by atomic mass is 10.2. The molecule has 2 aliphatic heterocycles. The number of imidazole rings is 2. The first kappa shape index (κ1) is 27.3. The number of fused-ring (bicyclic) bond motifs is 3. The van der Waals surface area contributed by atoms with E-state index in [1.54, 1.807) is 24.8 Å². The number of piperazine rings is 1. The highest BCUT2D eigenvalue weighted by Gasteiger charge is 2.20. The molecule has 0 spiro atoms. The summed E-state index contributed by atoms with van der Waals surface area (Å²) in [6, 6.07) is 15.5. The van der Waals surface area contributed by atoms with Crippen LogP contribution in [0, 0.1) is 11.6 Å². The van der Waals surface area contributed by atoms with Crippen LogP contribution in [0.15, 0.2) is 67.3 Å². The van der Waals surface area contributed by atoms with Crippen LogP contribution in [0.5, 0.6) is 11.5 Å². The number of benzene rings is 3. The summed E-state index contributed by atoms with van der Waals surface area (Å²) in [6.45, 7) is 7.72. The number of hydrogen-bond donors (Lipinski definition) is 0. The monoisotopic (exact) mass is 580 g/mol. The fraction of sp³-hybridized carbons (Fsp3) is 0.333. The summed E-state index contributed by atoms with van der Waals surface area (Å²) in [5, 5.41) is 0. The van der Waals surface area contributed by atoms with Gasteiger partial charge in [0.25, 0.3) is 0 Å². The van der Waals surface area contributed by atoms with Gasteiger partial charge in [-0.2, -0.15) is 0 Å². The van der Waals surface area contributed by atoms with Crippen molar-refractivity contribution in [1.29, 1.82) is 0 Å². The number of anilines is 1. The zero-order chi connectivity index (χ0) is 28.2. The quantitative estimate of drug-likeness (QED) is 0.258. The number of aryl methyl sites for hydroxylation is 1. The molecule has 0 aliphatic carbocycles. The first-order chi connectivity index (χ1) is 20.1. The van der Waals surface area contributed by atoms with Crippen LogP contribution in [0.2, 0.25) is 0 Å². The molecule has 0 bridgehead atoms. The Morgan fingerprint density at radius 2 is 1.29 bits per heavy atom. The molecule has 41 heavy (non-hydrogen) atoms. The van der Waals surface area contributed by atoms with E-state index >= 15 is 0 Å². The van der Waals surface area contributed by atoms with Crippen LogP contribution in [0.4, 0.5) is 14.5 Å². The fourth-order valence-corrected chi connectivity index (χ4v) is 5.41. The van der Waals surface area contributed by atoms with Gasteiger partial charge in [0.05, 0.1) is 34.7 Å². The number of rotatable bonds is 6. The van der Waals surface area contributed by atoms with E-state index in [4.69, 9.17) is 21.1 Å². The van der Waals surface area contributed by atoms with Crippen molar-refractivity contribution >= 4 is 39.4 Å². The van der Waals surface area contributed by atoms with Crippen LogP contribution in [-0.2, 0) is 13.1 Å². The van der Waals surface area contributed by atoms with Gasteiger partial charge in [-0.1, -0.05) is 0 Å². The maximum absolute atomic E-state index is 13.3. The van der Waals surface area contributed by atoms with Crippen molar-refractivity contribution in [2.75, 3.05) is 56.7 Å². The van der Waals surface area contributed by atoms with Crippen molar-refractivity contribution in [3.63, 3.8) is 0 Å². The van der Waals surface area contributed by atoms with E-state index in [0.29, 0.717) is 36.7 Å². The van der Waals surface area contributed by atoms with E-state index in [2.05, 4.69) is 36.5 Å². The highest BCUT2D eigenvalue weighted by Crippen LogP contribution is 2.34. The molecule has 0 N–H and O–H groups in total. The Balaban J connectivity index is 0.000000195. The lowest BCUT2D eigenvalue weighted by Gasteiger charge is -2.36. The van der Waals surface area contributed by atoms with E-state index in [0.717, 1.165) is 61.8 Å². The van der Waals surface area contributed by atoms with Gasteiger partial charge in [0.1, 0.15) is 24.8 Å². The van der Waals surface area contributed by atoms with Gasteiger partial charge >= 0.3 is 0 Å². The molecule has 0 amide bonds. The van der Waals surface area contributed by atoms with Crippen molar-refractivity contribution in [3.8, 4) is 11.5 Å². The summed E-state index contributed by atoms with van der Waals surface area (Å²) in [4.78, 5) is 13.2. The minimum Gasteiger partial charge on any atom is -0.486 e. The second-order valence-electron chi connectivity index (χ2n) is 9.99. The standard InChI is InChI=1S/C21H23FN4O2.C9H8ClFN2/c22-16-1-3-19-18(13-16)23-15-26(19)10-7-24-5-8-25(9-6-24)17-2-4-20-21(14-17)28-12-11-27-20;10-3-4-13-6-12-8-5-7(11)1-2-9(8)13/h1-4,13-15H,5-12H2;1-2,5-6H,3-4H2. The van der Waals surface area contributed by atoms with E-state index in [1.165, 1.54) is 30.0 Å². The molecular formula is C30H31ClF2N6O2. The third kappa shape index (κ3) is 6.23. The number of halogens is 3. The highest BCUT2D eigenvalue weighted by atomic mass is 35.5. The average molecular weight is 581 g/mol. The summed E-state index contributed by atoms with van der Waals surface area (Å²) >= 11 is 5.60. The van der Waals surface area contributed by atoms with Crippen LogP contribution in [0.3, 0.4) is 0 Å². The first-order valence-electron chi connectivity index (χ1n) is 13.7. The minimum atomic E-state index is -0.261. The molecule has 8 nitrogen and oxygen atoms in total. The Labute approximate surface area is 241 Å². The normalized spacial score (nSPS) is 15.2. The largest absolute Gasteiger partial charge is 0.486 e. The predicted octanol–water partition coefficient (Wildman–Crippen LogP) is 5.18. The van der Waals surface area contributed by atoms with E-state index in [9.17, 15) is 8.78 Å². The third-order valence-corrected chi connectivity index (χ3v) is 7.58. The Hall–Kier alpha value is -3.89. The number of hydrogen-bond acceptors (Lipinski definition) is 6. The van der Waals surface area contributed by atoms with Crippen molar-refractivity contribution in [3.05, 3.63) is 78.9 Å². The van der Waals surface area contributed by atoms with Gasteiger partial charge in [-0.25, -0.2) is 18.7 Å². The van der Waals surface area contributed by atoms with Crippen LogP contribution in [0.1, 0.15) is 0 Å². The maximum Gasteiger partial charge on any atom is 0.163 e. The van der Waals surface area contributed by atoms with E-state index in [-0.39, 0.29) is 11.6 Å². The molecule has 3 aromatic carbocycles. The molecule has 1 fully saturated rings. The Bertz CT molecular complexity index is 1630. The minimum absolute atomic E-state index is 0.243. The molecule has 1 saturated heterocycles. The van der Waals surface area contributed by atoms with Gasteiger partial charge in [0.2, 0.25) is 0 Å². The zero-order valence-electron chi connectivity index (χ0n) is 22.6. The summed E-state index contributed by atoms with van der Waals surface area (Å²) in [5.74, 6) is 1.70. The number of nitrogens with zero attached hydrogens (tertiary/aromatic N) is 6. The molecule has 11 heteroatoms. The molecular weight excluding hydrogens is 550 g/mol. The second-order valence-corrected chi connectivity index (χ2v) is 10.4. The van der Waals surface area contributed by atoms with Gasteiger partial charge in [-0.3, -0.25) is 4.90 Å². The Morgan fingerprint density at radius 1 is 0.683 bits per heavy atom. The van der Waals surface area contributed by atoms with Crippen molar-refractivity contribution in [2.24, 2.45) is 0 Å². The smallest absolute Gasteiger partial charge is 0.163 e. The molecule has 0 saturated carbocycles. The van der Waals surface area contributed by atoms with E-state index < -0.39 is 0 Å². The molecule has 4 heterocycles. The summed E-state index contributed by atoms with van der Waals surface area (Å²) in [7, 11) is 0. The topological polar surface area (TPSA) is 60.6 Å². The van der Waals surface area contributed by atoms with Gasteiger partial charge in [0.15, 0.2) is 11.5 Å². The van der Waals surface area contributed by atoms with Crippen LogP contribution in [-0.4, -0.2) is 75.8 Å². The third-order valence-electron chi connectivity index (χ3n) is 7.41. The predicted molar refractivity (Wildman–Crippen MR) is 156 cm³/mol.